The smallest absolute Gasteiger partial charge is 0.0908 e. The first-order valence-electron chi connectivity index (χ1n) is 6.43. The van der Waals surface area contributed by atoms with Crippen molar-refractivity contribution in [1.82, 2.24) is 0 Å². The summed E-state index contributed by atoms with van der Waals surface area (Å²) in [6.07, 6.45) is 0.552. The van der Waals surface area contributed by atoms with E-state index in [-0.39, 0.29) is 0 Å². The van der Waals surface area contributed by atoms with Crippen molar-refractivity contribution in [3.63, 3.8) is 0 Å². The van der Waals surface area contributed by atoms with E-state index >= 15 is 0 Å². The molecule has 2 aromatic carbocycles. The lowest BCUT2D eigenvalue weighted by atomic mass is 9.87. The van der Waals surface area contributed by atoms with Crippen molar-refractivity contribution in [2.24, 2.45) is 0 Å². The van der Waals surface area contributed by atoms with Gasteiger partial charge in [0, 0.05) is 11.4 Å². The number of hydrogen-bond donors (Lipinski definition) is 1. The lowest BCUT2D eigenvalue weighted by Crippen LogP contribution is -2.24. The van der Waals surface area contributed by atoms with Crippen molar-refractivity contribution in [3.05, 3.63) is 69.7 Å². The van der Waals surface area contributed by atoms with Crippen LogP contribution in [0.4, 0.5) is 0 Å². The average molecular weight is 275 g/mol. The monoisotopic (exact) mass is 274 g/mol. The van der Waals surface area contributed by atoms with Crippen molar-refractivity contribution in [1.29, 1.82) is 0 Å². The Bertz CT molecular complexity index is 588. The second-order valence-corrected chi connectivity index (χ2v) is 5.82. The molecule has 0 spiro atoms. The van der Waals surface area contributed by atoms with Crippen molar-refractivity contribution in [3.8, 4) is 0 Å². The SMILES string of the molecule is Cc1ccc(C(C)(O)Cc2cccc(Cl)c2)cc1C. The Labute approximate surface area is 119 Å². The summed E-state index contributed by atoms with van der Waals surface area (Å²) >= 11 is 5.98. The Morgan fingerprint density at radius 2 is 1.79 bits per heavy atom. The summed E-state index contributed by atoms with van der Waals surface area (Å²) in [6.45, 7) is 5.98. The van der Waals surface area contributed by atoms with Crippen LogP contribution in [0.5, 0.6) is 0 Å². The zero-order chi connectivity index (χ0) is 14.0. The first kappa shape index (κ1) is 14.1. The Balaban J connectivity index is 2.29. The molecule has 1 nitrogen and oxygen atoms in total. The van der Waals surface area contributed by atoms with E-state index in [0.29, 0.717) is 11.4 Å². The minimum atomic E-state index is -0.886. The van der Waals surface area contributed by atoms with Gasteiger partial charge in [-0.1, -0.05) is 41.9 Å². The molecular weight excluding hydrogens is 256 g/mol. The molecule has 0 aliphatic heterocycles. The van der Waals surface area contributed by atoms with Gasteiger partial charge in [-0.05, 0) is 55.2 Å². The van der Waals surface area contributed by atoms with Gasteiger partial charge in [-0.2, -0.15) is 0 Å². The van der Waals surface area contributed by atoms with E-state index in [1.807, 2.05) is 37.3 Å². The van der Waals surface area contributed by atoms with Crippen LogP contribution in [0.3, 0.4) is 0 Å². The summed E-state index contributed by atoms with van der Waals surface area (Å²) in [5.74, 6) is 0. The average Bonchev–Trinajstić information content (AvgIpc) is 2.32. The molecule has 0 heterocycles. The largest absolute Gasteiger partial charge is 0.385 e. The van der Waals surface area contributed by atoms with Crippen LogP contribution >= 0.6 is 11.6 Å². The molecular formula is C17H19ClO. The lowest BCUT2D eigenvalue weighted by Gasteiger charge is -2.25. The minimum absolute atomic E-state index is 0.552. The van der Waals surface area contributed by atoms with Gasteiger partial charge in [0.25, 0.3) is 0 Å². The minimum Gasteiger partial charge on any atom is -0.385 e. The Hall–Kier alpha value is -1.31. The molecule has 0 bridgehead atoms. The quantitative estimate of drug-likeness (QED) is 0.879. The van der Waals surface area contributed by atoms with E-state index in [1.54, 1.807) is 0 Å². The molecule has 2 aromatic rings. The molecule has 0 amide bonds. The third-order valence-corrected chi connectivity index (χ3v) is 3.80. The van der Waals surface area contributed by atoms with Crippen LogP contribution < -0.4 is 0 Å². The molecule has 1 unspecified atom stereocenters. The van der Waals surface area contributed by atoms with Crippen LogP contribution in [0.25, 0.3) is 0 Å². The molecule has 2 rings (SSSR count). The van der Waals surface area contributed by atoms with E-state index in [1.165, 1.54) is 11.1 Å². The molecule has 0 aromatic heterocycles. The fraction of sp³-hybridized carbons (Fsp3) is 0.294. The molecule has 1 N–H and O–H groups in total. The standard InChI is InChI=1S/C17H19ClO/c1-12-7-8-15(9-13(12)2)17(3,19)11-14-5-4-6-16(18)10-14/h4-10,19H,11H2,1-3H3. The highest BCUT2D eigenvalue weighted by Gasteiger charge is 2.23. The van der Waals surface area contributed by atoms with E-state index in [9.17, 15) is 5.11 Å². The van der Waals surface area contributed by atoms with Crippen LogP contribution in [0.1, 0.15) is 29.2 Å². The van der Waals surface area contributed by atoms with Gasteiger partial charge in [-0.25, -0.2) is 0 Å². The highest BCUT2D eigenvalue weighted by molar-refractivity contribution is 6.30. The molecule has 2 heteroatoms. The van der Waals surface area contributed by atoms with Crippen molar-refractivity contribution >= 4 is 11.6 Å². The summed E-state index contributed by atoms with van der Waals surface area (Å²) < 4.78 is 0. The van der Waals surface area contributed by atoms with Gasteiger partial charge in [0.15, 0.2) is 0 Å². The molecule has 0 aliphatic carbocycles. The van der Waals surface area contributed by atoms with Crippen LogP contribution in [0.2, 0.25) is 5.02 Å². The van der Waals surface area contributed by atoms with Gasteiger partial charge < -0.3 is 5.11 Å². The Kier molecular flexibility index (Phi) is 3.98. The summed E-state index contributed by atoms with van der Waals surface area (Å²) in [7, 11) is 0. The number of aliphatic hydroxyl groups is 1. The number of benzene rings is 2. The van der Waals surface area contributed by atoms with Gasteiger partial charge in [-0.3, -0.25) is 0 Å². The maximum Gasteiger partial charge on any atom is 0.0908 e. The summed E-state index contributed by atoms with van der Waals surface area (Å²) in [5, 5.41) is 11.4. The predicted molar refractivity (Wildman–Crippen MR) is 80.6 cm³/mol. The number of aryl methyl sites for hydroxylation is 2. The maximum atomic E-state index is 10.7. The third kappa shape index (κ3) is 3.37. The van der Waals surface area contributed by atoms with Crippen molar-refractivity contribution < 1.29 is 5.11 Å². The van der Waals surface area contributed by atoms with E-state index in [0.717, 1.165) is 11.1 Å². The van der Waals surface area contributed by atoms with Crippen LogP contribution in [-0.2, 0) is 12.0 Å². The van der Waals surface area contributed by atoms with Gasteiger partial charge in [0.1, 0.15) is 0 Å². The molecule has 1 atom stereocenters. The van der Waals surface area contributed by atoms with Crippen molar-refractivity contribution in [2.45, 2.75) is 32.8 Å². The third-order valence-electron chi connectivity index (χ3n) is 3.57. The second kappa shape index (κ2) is 5.36. The zero-order valence-electron chi connectivity index (χ0n) is 11.6. The second-order valence-electron chi connectivity index (χ2n) is 5.38. The van der Waals surface area contributed by atoms with Gasteiger partial charge in [0.05, 0.1) is 5.60 Å². The van der Waals surface area contributed by atoms with Gasteiger partial charge in [0.2, 0.25) is 0 Å². The molecule has 100 valence electrons. The fourth-order valence-corrected chi connectivity index (χ4v) is 2.44. The van der Waals surface area contributed by atoms with E-state index in [2.05, 4.69) is 26.0 Å². The fourth-order valence-electron chi connectivity index (χ4n) is 2.22. The summed E-state index contributed by atoms with van der Waals surface area (Å²) in [6, 6.07) is 13.7. The first-order chi connectivity index (χ1) is 8.88. The highest BCUT2D eigenvalue weighted by atomic mass is 35.5. The Morgan fingerprint density at radius 1 is 1.05 bits per heavy atom. The normalized spacial score (nSPS) is 14.2. The topological polar surface area (TPSA) is 20.2 Å². The molecule has 19 heavy (non-hydrogen) atoms. The molecule has 0 radical (unpaired) electrons. The highest BCUT2D eigenvalue weighted by Crippen LogP contribution is 2.27. The molecule has 0 saturated heterocycles. The first-order valence-corrected chi connectivity index (χ1v) is 6.81. The summed E-state index contributed by atoms with van der Waals surface area (Å²) in [4.78, 5) is 0. The summed E-state index contributed by atoms with van der Waals surface area (Å²) in [5.41, 5.74) is 3.53. The maximum absolute atomic E-state index is 10.7. The van der Waals surface area contributed by atoms with Crippen LogP contribution in [-0.4, -0.2) is 5.11 Å². The number of rotatable bonds is 3. The predicted octanol–water partition coefficient (Wildman–Crippen LogP) is 4.41. The van der Waals surface area contributed by atoms with E-state index in [4.69, 9.17) is 11.6 Å². The van der Waals surface area contributed by atoms with E-state index < -0.39 is 5.60 Å². The van der Waals surface area contributed by atoms with Gasteiger partial charge in [-0.15, -0.1) is 0 Å². The molecule has 0 fully saturated rings. The van der Waals surface area contributed by atoms with Crippen LogP contribution in [0, 0.1) is 13.8 Å². The zero-order valence-corrected chi connectivity index (χ0v) is 12.3. The molecule has 0 saturated carbocycles. The number of halogens is 1. The van der Waals surface area contributed by atoms with Crippen LogP contribution in [0.15, 0.2) is 42.5 Å². The Morgan fingerprint density at radius 3 is 2.42 bits per heavy atom. The number of hydrogen-bond acceptors (Lipinski definition) is 1. The van der Waals surface area contributed by atoms with Crippen molar-refractivity contribution in [2.75, 3.05) is 0 Å². The van der Waals surface area contributed by atoms with Gasteiger partial charge >= 0.3 is 0 Å². The molecule has 0 aliphatic rings. The lowest BCUT2D eigenvalue weighted by molar-refractivity contribution is 0.0575.